The number of hydrogen-bond donors (Lipinski definition) is 1. The molecule has 2 aliphatic heterocycles. The van der Waals surface area contributed by atoms with Crippen molar-refractivity contribution in [2.75, 3.05) is 33.3 Å². The molecule has 0 aliphatic carbocycles. The highest BCUT2D eigenvalue weighted by atomic mass is 16.5. The van der Waals surface area contributed by atoms with E-state index in [1.54, 1.807) is 0 Å². The number of methoxy groups -OCH3 is 1. The molecular weight excluding hydrogens is 180 g/mol. The summed E-state index contributed by atoms with van der Waals surface area (Å²) >= 11 is 0. The molecule has 2 heterocycles. The molecule has 14 heavy (non-hydrogen) atoms. The lowest BCUT2D eigenvalue weighted by Crippen LogP contribution is -2.59. The van der Waals surface area contributed by atoms with E-state index in [4.69, 9.17) is 4.74 Å². The van der Waals surface area contributed by atoms with Crippen LogP contribution >= 0.6 is 0 Å². The maximum Gasteiger partial charge on any atom is 0.309 e. The van der Waals surface area contributed by atoms with Crippen LogP contribution in [0.2, 0.25) is 0 Å². The van der Waals surface area contributed by atoms with E-state index in [1.165, 1.54) is 7.11 Å². The van der Waals surface area contributed by atoms with Crippen LogP contribution in [0.15, 0.2) is 0 Å². The monoisotopic (exact) mass is 198 g/mol. The Kier molecular flexibility index (Phi) is 3.03. The number of carbonyl (C=O) groups is 1. The van der Waals surface area contributed by atoms with E-state index in [1.807, 2.05) is 0 Å². The third-order valence-corrected chi connectivity index (χ3v) is 3.26. The van der Waals surface area contributed by atoms with E-state index in [0.29, 0.717) is 6.04 Å². The van der Waals surface area contributed by atoms with Gasteiger partial charge in [0.1, 0.15) is 0 Å². The molecule has 1 atom stereocenters. The van der Waals surface area contributed by atoms with Crippen LogP contribution in [0.25, 0.3) is 0 Å². The van der Waals surface area contributed by atoms with Gasteiger partial charge in [0.2, 0.25) is 0 Å². The van der Waals surface area contributed by atoms with Crippen molar-refractivity contribution in [2.24, 2.45) is 5.92 Å². The Morgan fingerprint density at radius 3 is 2.86 bits per heavy atom. The number of piperidine rings is 1. The van der Waals surface area contributed by atoms with Gasteiger partial charge < -0.3 is 10.1 Å². The topological polar surface area (TPSA) is 41.6 Å². The SMILES string of the molecule is COC(=O)[C@@H]1CCCN(C2CNC2)C1. The molecule has 2 aliphatic rings. The van der Waals surface area contributed by atoms with E-state index in [-0.39, 0.29) is 11.9 Å². The van der Waals surface area contributed by atoms with E-state index in [0.717, 1.165) is 39.0 Å². The van der Waals surface area contributed by atoms with Crippen LogP contribution < -0.4 is 5.32 Å². The Hall–Kier alpha value is -0.610. The molecule has 0 radical (unpaired) electrons. The highest BCUT2D eigenvalue weighted by Crippen LogP contribution is 2.20. The summed E-state index contributed by atoms with van der Waals surface area (Å²) in [6.07, 6.45) is 2.11. The molecule has 80 valence electrons. The van der Waals surface area contributed by atoms with Crippen molar-refractivity contribution in [2.45, 2.75) is 18.9 Å². The van der Waals surface area contributed by atoms with Crippen molar-refractivity contribution in [1.29, 1.82) is 0 Å². The summed E-state index contributed by atoms with van der Waals surface area (Å²) in [6.45, 7) is 4.18. The fourth-order valence-electron chi connectivity index (χ4n) is 2.23. The Labute approximate surface area is 84.6 Å². The van der Waals surface area contributed by atoms with Crippen molar-refractivity contribution >= 4 is 5.97 Å². The zero-order chi connectivity index (χ0) is 9.97. The van der Waals surface area contributed by atoms with Crippen LogP contribution in [0.5, 0.6) is 0 Å². The van der Waals surface area contributed by atoms with Gasteiger partial charge in [0, 0.05) is 25.7 Å². The third-order valence-electron chi connectivity index (χ3n) is 3.26. The van der Waals surface area contributed by atoms with Crippen molar-refractivity contribution in [3.05, 3.63) is 0 Å². The molecule has 4 heteroatoms. The molecule has 0 unspecified atom stereocenters. The quantitative estimate of drug-likeness (QED) is 0.626. The molecule has 2 rings (SSSR count). The fourth-order valence-corrected chi connectivity index (χ4v) is 2.23. The van der Waals surface area contributed by atoms with Gasteiger partial charge in [-0.15, -0.1) is 0 Å². The smallest absolute Gasteiger partial charge is 0.309 e. The first-order valence-corrected chi connectivity index (χ1v) is 5.34. The lowest BCUT2D eigenvalue weighted by molar-refractivity contribution is -0.147. The van der Waals surface area contributed by atoms with Gasteiger partial charge in [-0.05, 0) is 19.4 Å². The second-order valence-electron chi connectivity index (χ2n) is 4.17. The number of ether oxygens (including phenoxy) is 1. The van der Waals surface area contributed by atoms with Gasteiger partial charge in [0.05, 0.1) is 13.0 Å². The molecule has 0 bridgehead atoms. The number of likely N-dealkylation sites (tertiary alicyclic amines) is 1. The lowest BCUT2D eigenvalue weighted by Gasteiger charge is -2.42. The van der Waals surface area contributed by atoms with Gasteiger partial charge in [-0.25, -0.2) is 0 Å². The summed E-state index contributed by atoms with van der Waals surface area (Å²) in [5, 5.41) is 3.26. The number of carbonyl (C=O) groups excluding carboxylic acids is 1. The number of hydrogen-bond acceptors (Lipinski definition) is 4. The maximum atomic E-state index is 11.4. The molecular formula is C10H18N2O2. The average Bonchev–Trinajstić information content (AvgIpc) is 2.14. The lowest BCUT2D eigenvalue weighted by atomic mass is 9.95. The molecule has 4 nitrogen and oxygen atoms in total. The summed E-state index contributed by atoms with van der Waals surface area (Å²) in [6, 6.07) is 0.655. The highest BCUT2D eigenvalue weighted by molar-refractivity contribution is 5.72. The Bertz CT molecular complexity index is 216. The summed E-state index contributed by atoms with van der Waals surface area (Å²) in [5.74, 6) is 0.0660. The molecule has 0 amide bonds. The summed E-state index contributed by atoms with van der Waals surface area (Å²) in [5.41, 5.74) is 0. The van der Waals surface area contributed by atoms with Crippen LogP contribution in [0.3, 0.4) is 0 Å². The summed E-state index contributed by atoms with van der Waals surface area (Å²) < 4.78 is 4.79. The van der Waals surface area contributed by atoms with Gasteiger partial charge in [-0.3, -0.25) is 9.69 Å². The second-order valence-corrected chi connectivity index (χ2v) is 4.17. The predicted octanol–water partition coefficient (Wildman–Crippen LogP) is -0.157. The van der Waals surface area contributed by atoms with Crippen LogP contribution in [0, 0.1) is 5.92 Å². The van der Waals surface area contributed by atoms with Gasteiger partial charge in [-0.2, -0.15) is 0 Å². The standard InChI is InChI=1S/C10H18N2O2/c1-14-10(13)8-3-2-4-12(7-8)9-5-11-6-9/h8-9,11H,2-7H2,1H3/t8-/m1/s1. The van der Waals surface area contributed by atoms with E-state index >= 15 is 0 Å². The van der Waals surface area contributed by atoms with E-state index < -0.39 is 0 Å². The number of rotatable bonds is 2. The Morgan fingerprint density at radius 1 is 1.50 bits per heavy atom. The zero-order valence-electron chi connectivity index (χ0n) is 8.66. The molecule has 0 aromatic heterocycles. The first kappa shape index (κ1) is 9.93. The molecule has 2 fully saturated rings. The largest absolute Gasteiger partial charge is 0.469 e. The normalized spacial score (nSPS) is 29.6. The van der Waals surface area contributed by atoms with Crippen LogP contribution in [-0.4, -0.2) is 50.2 Å². The summed E-state index contributed by atoms with van der Waals surface area (Å²) in [7, 11) is 1.48. The molecule has 2 saturated heterocycles. The van der Waals surface area contributed by atoms with Gasteiger partial charge in [0.15, 0.2) is 0 Å². The van der Waals surface area contributed by atoms with Crippen molar-refractivity contribution in [3.8, 4) is 0 Å². The number of esters is 1. The first-order valence-electron chi connectivity index (χ1n) is 5.34. The molecule has 0 aromatic carbocycles. The molecule has 1 N–H and O–H groups in total. The molecule has 0 spiro atoms. The minimum Gasteiger partial charge on any atom is -0.469 e. The van der Waals surface area contributed by atoms with E-state index in [9.17, 15) is 4.79 Å². The minimum atomic E-state index is -0.0398. The van der Waals surface area contributed by atoms with Crippen LogP contribution in [0.4, 0.5) is 0 Å². The van der Waals surface area contributed by atoms with Gasteiger partial charge in [0.25, 0.3) is 0 Å². The Balaban J connectivity index is 1.86. The van der Waals surface area contributed by atoms with Crippen LogP contribution in [-0.2, 0) is 9.53 Å². The third kappa shape index (κ3) is 1.91. The average molecular weight is 198 g/mol. The van der Waals surface area contributed by atoms with Crippen molar-refractivity contribution in [3.63, 3.8) is 0 Å². The first-order chi connectivity index (χ1) is 6.81. The highest BCUT2D eigenvalue weighted by Gasteiger charge is 2.32. The Morgan fingerprint density at radius 2 is 2.29 bits per heavy atom. The van der Waals surface area contributed by atoms with Gasteiger partial charge >= 0.3 is 5.97 Å². The number of nitrogens with zero attached hydrogens (tertiary/aromatic N) is 1. The van der Waals surface area contributed by atoms with Crippen LogP contribution in [0.1, 0.15) is 12.8 Å². The maximum absolute atomic E-state index is 11.4. The predicted molar refractivity (Wildman–Crippen MR) is 53.0 cm³/mol. The van der Waals surface area contributed by atoms with E-state index in [2.05, 4.69) is 10.2 Å². The number of nitrogens with one attached hydrogen (secondary N) is 1. The minimum absolute atomic E-state index is 0.0398. The fraction of sp³-hybridized carbons (Fsp3) is 0.900. The molecule has 0 aromatic rings. The van der Waals surface area contributed by atoms with Crippen molar-refractivity contribution < 1.29 is 9.53 Å². The summed E-state index contributed by atoms with van der Waals surface area (Å²) in [4.78, 5) is 13.8. The second kappa shape index (κ2) is 4.28. The van der Waals surface area contributed by atoms with Gasteiger partial charge in [-0.1, -0.05) is 0 Å². The molecule has 0 saturated carbocycles. The zero-order valence-corrected chi connectivity index (χ0v) is 8.66. The van der Waals surface area contributed by atoms with Crippen molar-refractivity contribution in [1.82, 2.24) is 10.2 Å².